The first-order chi connectivity index (χ1) is 12.0. The molecule has 8 heteroatoms. The van der Waals surface area contributed by atoms with Crippen LogP contribution in [0.1, 0.15) is 5.56 Å². The molecule has 1 heterocycles. The summed E-state index contributed by atoms with van der Waals surface area (Å²) in [5.74, 6) is -0.260. The van der Waals surface area contributed by atoms with Gasteiger partial charge in [0.25, 0.3) is 0 Å². The number of nitrogens with zero attached hydrogens (tertiary/aromatic N) is 2. The Morgan fingerprint density at radius 1 is 1.08 bits per heavy atom. The number of nitrogens with one attached hydrogen (secondary N) is 2. The minimum atomic E-state index is -0.260. The summed E-state index contributed by atoms with van der Waals surface area (Å²) < 4.78 is 15.3. The molecule has 0 saturated heterocycles. The second kappa shape index (κ2) is 7.82. The Bertz CT molecular complexity index is 913. The standard InChI is InChI=1S/C17H13Cl2FN4S/c18-14-6-5-12(7-15(14)19)22-17(25)23-13-8-21-24(10-13)9-11-3-1-2-4-16(11)20/h1-8,10H,9H2,(H2,22,23,25). The van der Waals surface area contributed by atoms with E-state index in [2.05, 4.69) is 15.7 Å². The Balaban J connectivity index is 1.61. The molecule has 0 aliphatic rings. The highest BCUT2D eigenvalue weighted by Crippen LogP contribution is 2.25. The van der Waals surface area contributed by atoms with E-state index < -0.39 is 0 Å². The van der Waals surface area contributed by atoms with E-state index in [9.17, 15) is 4.39 Å². The van der Waals surface area contributed by atoms with Gasteiger partial charge in [0.1, 0.15) is 5.82 Å². The fraction of sp³-hybridized carbons (Fsp3) is 0.0588. The molecule has 1 aromatic heterocycles. The number of hydrogen-bond donors (Lipinski definition) is 2. The lowest BCUT2D eigenvalue weighted by Crippen LogP contribution is -2.18. The molecule has 3 aromatic rings. The van der Waals surface area contributed by atoms with Gasteiger partial charge in [0, 0.05) is 17.4 Å². The maximum atomic E-state index is 13.7. The number of benzene rings is 2. The van der Waals surface area contributed by atoms with E-state index in [1.54, 1.807) is 53.5 Å². The topological polar surface area (TPSA) is 41.9 Å². The molecule has 128 valence electrons. The maximum Gasteiger partial charge on any atom is 0.175 e. The smallest absolute Gasteiger partial charge is 0.175 e. The molecule has 0 atom stereocenters. The zero-order chi connectivity index (χ0) is 17.8. The molecule has 0 unspecified atom stereocenters. The number of thiocarbonyl (C=S) groups is 1. The van der Waals surface area contributed by atoms with Gasteiger partial charge in [-0.25, -0.2) is 4.39 Å². The summed E-state index contributed by atoms with van der Waals surface area (Å²) in [7, 11) is 0. The summed E-state index contributed by atoms with van der Waals surface area (Å²) in [6.07, 6.45) is 3.36. The van der Waals surface area contributed by atoms with Crippen LogP contribution in [0.15, 0.2) is 54.9 Å². The van der Waals surface area contributed by atoms with Crippen molar-refractivity contribution in [1.82, 2.24) is 9.78 Å². The Morgan fingerprint density at radius 3 is 2.60 bits per heavy atom. The van der Waals surface area contributed by atoms with Crippen molar-refractivity contribution in [2.45, 2.75) is 6.54 Å². The van der Waals surface area contributed by atoms with Crippen molar-refractivity contribution in [3.05, 3.63) is 76.3 Å². The van der Waals surface area contributed by atoms with Gasteiger partial charge in [-0.2, -0.15) is 5.10 Å². The fourth-order valence-corrected chi connectivity index (χ4v) is 2.72. The van der Waals surface area contributed by atoms with Gasteiger partial charge in [-0.3, -0.25) is 4.68 Å². The van der Waals surface area contributed by atoms with Gasteiger partial charge in [0.2, 0.25) is 0 Å². The van der Waals surface area contributed by atoms with Crippen molar-refractivity contribution in [1.29, 1.82) is 0 Å². The van der Waals surface area contributed by atoms with Crippen LogP contribution in [0.4, 0.5) is 15.8 Å². The van der Waals surface area contributed by atoms with Gasteiger partial charge in [-0.1, -0.05) is 41.4 Å². The van der Waals surface area contributed by atoms with Crippen molar-refractivity contribution in [3.63, 3.8) is 0 Å². The quantitative estimate of drug-likeness (QED) is 0.597. The number of aromatic nitrogens is 2. The number of rotatable bonds is 4. The summed E-state index contributed by atoms with van der Waals surface area (Å²) in [6, 6.07) is 11.7. The van der Waals surface area contributed by atoms with E-state index in [1.165, 1.54) is 6.07 Å². The number of halogens is 3. The third kappa shape index (κ3) is 4.69. The Labute approximate surface area is 159 Å². The lowest BCUT2D eigenvalue weighted by atomic mass is 10.2. The summed E-state index contributed by atoms with van der Waals surface area (Å²) in [5, 5.41) is 11.5. The third-order valence-corrected chi connectivity index (χ3v) is 4.30. The zero-order valence-electron chi connectivity index (χ0n) is 12.8. The Kier molecular flexibility index (Phi) is 5.53. The van der Waals surface area contributed by atoms with Crippen LogP contribution in [-0.4, -0.2) is 14.9 Å². The minimum Gasteiger partial charge on any atom is -0.332 e. The van der Waals surface area contributed by atoms with E-state index in [0.29, 0.717) is 38.6 Å². The van der Waals surface area contributed by atoms with Gasteiger partial charge in [0.15, 0.2) is 5.11 Å². The molecular formula is C17H13Cl2FN4S. The van der Waals surface area contributed by atoms with E-state index >= 15 is 0 Å². The van der Waals surface area contributed by atoms with Crippen molar-refractivity contribution >= 4 is 51.9 Å². The average molecular weight is 395 g/mol. The van der Waals surface area contributed by atoms with E-state index in [1.807, 2.05) is 0 Å². The largest absolute Gasteiger partial charge is 0.332 e. The number of hydrogen-bond acceptors (Lipinski definition) is 2. The minimum absolute atomic E-state index is 0.260. The molecule has 4 nitrogen and oxygen atoms in total. The van der Waals surface area contributed by atoms with Crippen molar-refractivity contribution in [3.8, 4) is 0 Å². The number of anilines is 2. The molecule has 0 radical (unpaired) electrons. The van der Waals surface area contributed by atoms with Crippen molar-refractivity contribution < 1.29 is 4.39 Å². The van der Waals surface area contributed by atoms with Crippen LogP contribution in [0.3, 0.4) is 0 Å². The normalized spacial score (nSPS) is 10.5. The summed E-state index contributed by atoms with van der Waals surface area (Å²) in [5.41, 5.74) is 1.97. The highest BCUT2D eigenvalue weighted by atomic mass is 35.5. The average Bonchev–Trinajstić information content (AvgIpc) is 3.00. The van der Waals surface area contributed by atoms with E-state index in [-0.39, 0.29) is 5.82 Å². The molecule has 3 rings (SSSR count). The second-order valence-electron chi connectivity index (χ2n) is 5.23. The second-order valence-corrected chi connectivity index (χ2v) is 6.45. The first kappa shape index (κ1) is 17.7. The van der Waals surface area contributed by atoms with Crippen LogP contribution in [0, 0.1) is 5.82 Å². The third-order valence-electron chi connectivity index (χ3n) is 3.36. The molecule has 0 saturated carbocycles. The van der Waals surface area contributed by atoms with E-state index in [4.69, 9.17) is 35.4 Å². The summed E-state index contributed by atoms with van der Waals surface area (Å²) in [6.45, 7) is 0.335. The van der Waals surface area contributed by atoms with Crippen LogP contribution in [0.25, 0.3) is 0 Å². The first-order valence-corrected chi connectivity index (χ1v) is 8.46. The van der Waals surface area contributed by atoms with Crippen LogP contribution < -0.4 is 10.6 Å². The lowest BCUT2D eigenvalue weighted by molar-refractivity contribution is 0.585. The van der Waals surface area contributed by atoms with E-state index in [0.717, 1.165) is 0 Å². The molecule has 0 bridgehead atoms. The Morgan fingerprint density at radius 2 is 1.84 bits per heavy atom. The van der Waals surface area contributed by atoms with Gasteiger partial charge in [-0.05, 0) is 36.5 Å². The van der Waals surface area contributed by atoms with Gasteiger partial charge >= 0.3 is 0 Å². The van der Waals surface area contributed by atoms with Crippen LogP contribution in [-0.2, 0) is 6.54 Å². The van der Waals surface area contributed by atoms with Gasteiger partial charge < -0.3 is 10.6 Å². The van der Waals surface area contributed by atoms with Gasteiger partial charge in [0.05, 0.1) is 28.5 Å². The molecule has 2 N–H and O–H groups in total. The lowest BCUT2D eigenvalue weighted by Gasteiger charge is -2.09. The van der Waals surface area contributed by atoms with Crippen LogP contribution in [0.5, 0.6) is 0 Å². The highest BCUT2D eigenvalue weighted by molar-refractivity contribution is 7.80. The fourth-order valence-electron chi connectivity index (χ4n) is 2.18. The molecule has 25 heavy (non-hydrogen) atoms. The SMILES string of the molecule is Fc1ccccc1Cn1cc(NC(=S)Nc2ccc(Cl)c(Cl)c2)cn1. The predicted molar refractivity (Wildman–Crippen MR) is 104 cm³/mol. The van der Waals surface area contributed by atoms with Gasteiger partial charge in [-0.15, -0.1) is 0 Å². The van der Waals surface area contributed by atoms with Crippen LogP contribution >= 0.6 is 35.4 Å². The zero-order valence-corrected chi connectivity index (χ0v) is 15.2. The maximum absolute atomic E-state index is 13.7. The molecule has 0 aliphatic carbocycles. The monoisotopic (exact) mass is 394 g/mol. The summed E-state index contributed by atoms with van der Waals surface area (Å²) in [4.78, 5) is 0. The molecule has 0 spiro atoms. The molecule has 2 aromatic carbocycles. The molecule has 0 aliphatic heterocycles. The van der Waals surface area contributed by atoms with Crippen molar-refractivity contribution in [2.24, 2.45) is 0 Å². The molecular weight excluding hydrogens is 382 g/mol. The Hall–Kier alpha value is -2.15. The highest BCUT2D eigenvalue weighted by Gasteiger charge is 2.06. The van der Waals surface area contributed by atoms with Crippen molar-refractivity contribution in [2.75, 3.05) is 10.6 Å². The molecule has 0 amide bonds. The predicted octanol–water partition coefficient (Wildman–Crippen LogP) is 5.19. The first-order valence-electron chi connectivity index (χ1n) is 7.30. The van der Waals surface area contributed by atoms with Crippen LogP contribution in [0.2, 0.25) is 10.0 Å². The molecule has 0 fully saturated rings. The summed E-state index contributed by atoms with van der Waals surface area (Å²) >= 11 is 17.1.